The number of rotatable bonds is 3. The summed E-state index contributed by atoms with van der Waals surface area (Å²) in [5.41, 5.74) is 3.13. The number of hydrogen-bond donors (Lipinski definition) is 0. The Labute approximate surface area is 165 Å². The van der Waals surface area contributed by atoms with Crippen LogP contribution in [-0.2, 0) is 6.54 Å². The van der Waals surface area contributed by atoms with Crippen LogP contribution in [0.4, 0.5) is 5.69 Å². The Bertz CT molecular complexity index is 903. The number of piperazine rings is 1. The van der Waals surface area contributed by atoms with Gasteiger partial charge in [0.05, 0.1) is 16.4 Å². The zero-order chi connectivity index (χ0) is 17.4. The van der Waals surface area contributed by atoms with E-state index in [2.05, 4.69) is 36.3 Å². The van der Waals surface area contributed by atoms with Crippen molar-refractivity contribution in [2.75, 3.05) is 31.1 Å². The molecule has 1 aliphatic rings. The van der Waals surface area contributed by atoms with Crippen molar-refractivity contribution in [3.05, 3.63) is 62.9 Å². The molecule has 3 aromatic rings. The van der Waals surface area contributed by atoms with Gasteiger partial charge in [-0.25, -0.2) is 4.98 Å². The molecule has 1 saturated heterocycles. The lowest BCUT2D eigenvalue weighted by Crippen LogP contribution is -2.46. The highest BCUT2D eigenvalue weighted by Crippen LogP contribution is 2.29. The Kier molecular flexibility index (Phi) is 4.91. The van der Waals surface area contributed by atoms with Crippen molar-refractivity contribution in [3.8, 4) is 0 Å². The summed E-state index contributed by atoms with van der Waals surface area (Å²) in [5.74, 6) is 0. The largest absolute Gasteiger partial charge is 0.368 e. The molecule has 0 bridgehead atoms. The number of imidazole rings is 1. The van der Waals surface area contributed by atoms with Crippen LogP contribution in [-0.4, -0.2) is 40.5 Å². The van der Waals surface area contributed by atoms with Gasteiger partial charge in [-0.15, -0.1) is 0 Å². The van der Waals surface area contributed by atoms with Gasteiger partial charge in [-0.2, -0.15) is 0 Å². The zero-order valence-electron chi connectivity index (χ0n) is 13.5. The van der Waals surface area contributed by atoms with E-state index in [0.717, 1.165) is 54.2 Å². The number of halogens is 3. The van der Waals surface area contributed by atoms with E-state index in [4.69, 9.17) is 28.2 Å². The summed E-state index contributed by atoms with van der Waals surface area (Å²) < 4.78 is 3.11. The maximum Gasteiger partial charge on any atom is 0.137 e. The van der Waals surface area contributed by atoms with E-state index in [1.54, 1.807) is 6.07 Å². The molecule has 0 saturated carbocycles. The maximum absolute atomic E-state index is 6.33. The molecular formula is C18H17BrCl2N4. The lowest BCUT2D eigenvalue weighted by molar-refractivity contribution is 0.247. The minimum absolute atomic E-state index is 0.672. The number of pyridine rings is 1. The van der Waals surface area contributed by atoms with Crippen LogP contribution in [0.25, 0.3) is 5.65 Å². The molecule has 0 atom stereocenters. The molecule has 1 aliphatic heterocycles. The number of benzene rings is 1. The van der Waals surface area contributed by atoms with E-state index in [1.807, 2.05) is 30.5 Å². The predicted molar refractivity (Wildman–Crippen MR) is 107 cm³/mol. The van der Waals surface area contributed by atoms with Crippen molar-refractivity contribution < 1.29 is 0 Å². The van der Waals surface area contributed by atoms with Crippen molar-refractivity contribution in [1.29, 1.82) is 0 Å². The first-order valence-corrected chi connectivity index (χ1v) is 9.69. The average Bonchev–Trinajstić information content (AvgIpc) is 2.97. The second kappa shape index (κ2) is 7.16. The van der Waals surface area contributed by atoms with Crippen molar-refractivity contribution in [2.24, 2.45) is 0 Å². The van der Waals surface area contributed by atoms with E-state index in [1.165, 1.54) is 0 Å². The summed E-state index contributed by atoms with van der Waals surface area (Å²) in [6.07, 6.45) is 4.13. The topological polar surface area (TPSA) is 23.8 Å². The Morgan fingerprint density at radius 2 is 1.80 bits per heavy atom. The van der Waals surface area contributed by atoms with Crippen LogP contribution in [0, 0.1) is 0 Å². The molecule has 0 unspecified atom stereocenters. The van der Waals surface area contributed by atoms with Crippen LogP contribution in [0.15, 0.2) is 47.2 Å². The van der Waals surface area contributed by atoms with Gasteiger partial charge in [0.1, 0.15) is 5.65 Å². The molecule has 1 aromatic carbocycles. The van der Waals surface area contributed by atoms with Crippen molar-refractivity contribution in [3.63, 3.8) is 0 Å². The lowest BCUT2D eigenvalue weighted by Gasteiger charge is -2.36. The van der Waals surface area contributed by atoms with Crippen LogP contribution in [0.3, 0.4) is 0 Å². The van der Waals surface area contributed by atoms with Gasteiger partial charge < -0.3 is 9.30 Å². The summed E-state index contributed by atoms with van der Waals surface area (Å²) in [6.45, 7) is 4.72. The molecule has 0 amide bonds. The van der Waals surface area contributed by atoms with E-state index in [9.17, 15) is 0 Å². The van der Waals surface area contributed by atoms with Crippen LogP contribution < -0.4 is 4.90 Å². The standard InChI is InChI=1S/C18H17BrCl2N4/c19-13-1-4-18-22-15(12-25(18)10-13)11-23-5-7-24(8-6-23)17-3-2-14(20)9-16(17)21/h1-4,9-10,12H,5-8,11H2. The maximum atomic E-state index is 6.33. The van der Waals surface area contributed by atoms with Gasteiger partial charge in [-0.1, -0.05) is 23.2 Å². The summed E-state index contributed by atoms with van der Waals surface area (Å²) in [5, 5.41) is 1.39. The van der Waals surface area contributed by atoms with E-state index >= 15 is 0 Å². The monoisotopic (exact) mass is 438 g/mol. The third-order valence-corrected chi connectivity index (χ3v) is 5.48. The van der Waals surface area contributed by atoms with Crippen molar-refractivity contribution in [2.45, 2.75) is 6.54 Å². The van der Waals surface area contributed by atoms with E-state index in [-0.39, 0.29) is 0 Å². The van der Waals surface area contributed by atoms with Gasteiger partial charge in [0.15, 0.2) is 0 Å². The second-order valence-electron chi connectivity index (χ2n) is 6.20. The van der Waals surface area contributed by atoms with Gasteiger partial charge in [-0.3, -0.25) is 4.90 Å². The summed E-state index contributed by atoms with van der Waals surface area (Å²) in [6, 6.07) is 9.73. The normalized spacial score (nSPS) is 15.9. The van der Waals surface area contributed by atoms with E-state index < -0.39 is 0 Å². The molecule has 0 radical (unpaired) electrons. The smallest absolute Gasteiger partial charge is 0.137 e. The number of anilines is 1. The fraction of sp³-hybridized carbons (Fsp3) is 0.278. The van der Waals surface area contributed by atoms with Gasteiger partial charge in [0.25, 0.3) is 0 Å². The Morgan fingerprint density at radius 1 is 1.00 bits per heavy atom. The molecule has 4 rings (SSSR count). The predicted octanol–water partition coefficient (Wildman–Crippen LogP) is 4.73. The Hall–Kier alpha value is -1.27. The first-order chi connectivity index (χ1) is 12.1. The van der Waals surface area contributed by atoms with Crippen LogP contribution in [0.1, 0.15) is 5.69 Å². The number of aromatic nitrogens is 2. The number of hydrogen-bond acceptors (Lipinski definition) is 3. The molecule has 0 aliphatic carbocycles. The summed E-state index contributed by atoms with van der Waals surface area (Å²) >= 11 is 15.8. The first kappa shape index (κ1) is 17.2. The second-order valence-corrected chi connectivity index (χ2v) is 7.96. The number of fused-ring (bicyclic) bond motifs is 1. The molecule has 7 heteroatoms. The van der Waals surface area contributed by atoms with Crippen LogP contribution >= 0.6 is 39.1 Å². The minimum atomic E-state index is 0.672. The molecule has 3 heterocycles. The lowest BCUT2D eigenvalue weighted by atomic mass is 10.2. The highest BCUT2D eigenvalue weighted by atomic mass is 79.9. The average molecular weight is 440 g/mol. The Balaban J connectivity index is 1.41. The zero-order valence-corrected chi connectivity index (χ0v) is 16.6. The highest BCUT2D eigenvalue weighted by molar-refractivity contribution is 9.10. The molecule has 130 valence electrons. The third-order valence-electron chi connectivity index (χ3n) is 4.47. The van der Waals surface area contributed by atoms with Crippen LogP contribution in [0.5, 0.6) is 0 Å². The third kappa shape index (κ3) is 3.80. The SMILES string of the molecule is Clc1ccc(N2CCN(Cc3cn4cc(Br)ccc4n3)CC2)c(Cl)c1. The quantitative estimate of drug-likeness (QED) is 0.589. The van der Waals surface area contributed by atoms with Gasteiger partial charge >= 0.3 is 0 Å². The van der Waals surface area contributed by atoms with Gasteiger partial charge in [0, 0.05) is 54.6 Å². The van der Waals surface area contributed by atoms with Gasteiger partial charge in [-0.05, 0) is 46.3 Å². The van der Waals surface area contributed by atoms with Crippen molar-refractivity contribution in [1.82, 2.24) is 14.3 Å². The first-order valence-electron chi connectivity index (χ1n) is 8.14. The number of nitrogens with zero attached hydrogens (tertiary/aromatic N) is 4. The summed E-state index contributed by atoms with van der Waals surface area (Å²) in [7, 11) is 0. The minimum Gasteiger partial charge on any atom is -0.368 e. The van der Waals surface area contributed by atoms with E-state index in [0.29, 0.717) is 10.0 Å². The molecular weight excluding hydrogens is 423 g/mol. The molecule has 1 fully saturated rings. The highest BCUT2D eigenvalue weighted by Gasteiger charge is 2.20. The molecule has 0 spiro atoms. The molecule has 0 N–H and O–H groups in total. The van der Waals surface area contributed by atoms with Gasteiger partial charge in [0.2, 0.25) is 0 Å². The fourth-order valence-electron chi connectivity index (χ4n) is 3.21. The van der Waals surface area contributed by atoms with Crippen LogP contribution in [0.2, 0.25) is 10.0 Å². The fourth-order valence-corrected chi connectivity index (χ4v) is 4.09. The molecule has 4 nitrogen and oxygen atoms in total. The molecule has 2 aromatic heterocycles. The van der Waals surface area contributed by atoms with Crippen molar-refractivity contribution >= 4 is 50.5 Å². The Morgan fingerprint density at radius 3 is 2.56 bits per heavy atom. The molecule has 25 heavy (non-hydrogen) atoms. The summed E-state index contributed by atoms with van der Waals surface area (Å²) in [4.78, 5) is 9.44.